The van der Waals surface area contributed by atoms with E-state index in [0.717, 1.165) is 63.2 Å². The summed E-state index contributed by atoms with van der Waals surface area (Å²) in [5.41, 5.74) is 2.95. The minimum atomic E-state index is -0.824. The number of nitrogens with two attached hydrogens (primary N) is 1. The number of nitrogens with zero attached hydrogens (tertiary/aromatic N) is 4. The lowest BCUT2D eigenvalue weighted by Gasteiger charge is -2.44. The second-order valence-electron chi connectivity index (χ2n) is 8.64. The van der Waals surface area contributed by atoms with E-state index < -0.39 is 12.0 Å². The minimum absolute atomic E-state index is 0.499. The first kappa shape index (κ1) is 23.1. The summed E-state index contributed by atoms with van der Waals surface area (Å²) in [7, 11) is 1.59. The van der Waals surface area contributed by atoms with Crippen LogP contribution in [0.1, 0.15) is 30.0 Å². The van der Waals surface area contributed by atoms with Gasteiger partial charge in [-0.3, -0.25) is 14.6 Å². The van der Waals surface area contributed by atoms with Crippen LogP contribution in [-0.2, 0) is 4.79 Å². The Labute approximate surface area is 195 Å². The molecular formula is C25H33N5O3. The molecule has 0 saturated carbocycles. The molecule has 0 aliphatic carbocycles. The highest BCUT2D eigenvalue weighted by Crippen LogP contribution is 2.32. The summed E-state index contributed by atoms with van der Waals surface area (Å²) in [5, 5.41) is 13.5. The van der Waals surface area contributed by atoms with E-state index in [-0.39, 0.29) is 0 Å². The van der Waals surface area contributed by atoms with Gasteiger partial charge in [-0.2, -0.15) is 5.10 Å². The Hall–Kier alpha value is -3.10. The number of ether oxygens (including phenoxy) is 1. The number of rotatable bonds is 7. The Kier molecular flexibility index (Phi) is 7.47. The quantitative estimate of drug-likeness (QED) is 0.379. The molecule has 2 aliphatic heterocycles. The molecule has 8 heteroatoms. The average molecular weight is 452 g/mol. The molecule has 0 radical (unpaired) electrons. The molecule has 0 aromatic heterocycles. The van der Waals surface area contributed by atoms with Crippen LogP contribution in [0, 0.1) is 0 Å². The SMILES string of the molecule is COc1ccccc1C(C(=O)O)N1CCC(N2CCN(c3ccc(C=NN)cc3)CC2)CC1. The van der Waals surface area contributed by atoms with Crippen molar-refractivity contribution in [3.63, 3.8) is 0 Å². The van der Waals surface area contributed by atoms with Gasteiger partial charge in [-0.1, -0.05) is 30.3 Å². The van der Waals surface area contributed by atoms with Gasteiger partial charge in [-0.05, 0) is 36.6 Å². The van der Waals surface area contributed by atoms with Gasteiger partial charge in [0, 0.05) is 56.6 Å². The highest BCUT2D eigenvalue weighted by atomic mass is 16.5. The molecule has 4 rings (SSSR count). The second-order valence-corrected chi connectivity index (χ2v) is 8.64. The standard InChI is InChI=1S/C25H33N5O3/c1-33-23-5-3-2-4-22(23)24(25(31)32)30-12-10-21(11-13-30)29-16-14-28(15-17-29)20-8-6-19(7-9-20)18-27-26/h2-9,18,21,24H,10-17,26H2,1H3,(H,31,32). The van der Waals surface area contributed by atoms with Crippen molar-refractivity contribution in [3.05, 3.63) is 59.7 Å². The zero-order chi connectivity index (χ0) is 23.2. The van der Waals surface area contributed by atoms with Crippen molar-refractivity contribution in [1.29, 1.82) is 0 Å². The molecule has 8 nitrogen and oxygen atoms in total. The second kappa shape index (κ2) is 10.7. The van der Waals surface area contributed by atoms with Crippen LogP contribution in [0.3, 0.4) is 0 Å². The van der Waals surface area contributed by atoms with Gasteiger partial charge in [0.2, 0.25) is 0 Å². The zero-order valence-corrected chi connectivity index (χ0v) is 19.1. The molecular weight excluding hydrogens is 418 g/mol. The number of piperazine rings is 1. The predicted octanol–water partition coefficient (Wildman–Crippen LogP) is 2.40. The number of methoxy groups -OCH3 is 1. The van der Waals surface area contributed by atoms with Crippen LogP contribution >= 0.6 is 0 Å². The summed E-state index contributed by atoms with van der Waals surface area (Å²) < 4.78 is 5.43. The number of carboxylic acids is 1. The van der Waals surface area contributed by atoms with Crippen molar-refractivity contribution >= 4 is 17.9 Å². The molecule has 2 aromatic rings. The van der Waals surface area contributed by atoms with Crippen molar-refractivity contribution in [3.8, 4) is 5.75 Å². The van der Waals surface area contributed by atoms with E-state index in [1.165, 1.54) is 5.69 Å². The number of aliphatic carboxylic acids is 1. The Morgan fingerprint density at radius 1 is 1.06 bits per heavy atom. The van der Waals surface area contributed by atoms with Gasteiger partial charge in [-0.25, -0.2) is 0 Å². The third kappa shape index (κ3) is 5.29. The number of hydrogen-bond acceptors (Lipinski definition) is 7. The van der Waals surface area contributed by atoms with E-state index in [0.29, 0.717) is 11.8 Å². The first-order valence-electron chi connectivity index (χ1n) is 11.5. The number of piperidine rings is 1. The highest BCUT2D eigenvalue weighted by molar-refractivity contribution is 5.80. The zero-order valence-electron chi connectivity index (χ0n) is 19.1. The summed E-state index contributed by atoms with van der Waals surface area (Å²) in [4.78, 5) is 19.2. The number of benzene rings is 2. The first-order chi connectivity index (χ1) is 16.1. The van der Waals surface area contributed by atoms with Gasteiger partial charge < -0.3 is 20.6 Å². The number of hydrogen-bond donors (Lipinski definition) is 2. The largest absolute Gasteiger partial charge is 0.496 e. The molecule has 33 heavy (non-hydrogen) atoms. The van der Waals surface area contributed by atoms with Crippen LogP contribution in [-0.4, -0.2) is 79.5 Å². The normalized spacial score (nSPS) is 19.6. The average Bonchev–Trinajstić information content (AvgIpc) is 2.86. The maximum absolute atomic E-state index is 12.2. The van der Waals surface area contributed by atoms with Crippen molar-refractivity contribution in [1.82, 2.24) is 9.80 Å². The summed E-state index contributed by atoms with van der Waals surface area (Å²) in [5.74, 6) is 5.03. The Morgan fingerprint density at radius 3 is 2.33 bits per heavy atom. The Balaban J connectivity index is 1.32. The van der Waals surface area contributed by atoms with Gasteiger partial charge in [-0.15, -0.1) is 0 Å². The summed E-state index contributed by atoms with van der Waals surface area (Å²) >= 11 is 0. The van der Waals surface area contributed by atoms with Gasteiger partial charge in [0.1, 0.15) is 11.8 Å². The van der Waals surface area contributed by atoms with Crippen LogP contribution in [0.5, 0.6) is 5.75 Å². The monoisotopic (exact) mass is 451 g/mol. The van der Waals surface area contributed by atoms with Crippen molar-refractivity contribution in [2.24, 2.45) is 10.9 Å². The van der Waals surface area contributed by atoms with Crippen LogP contribution < -0.4 is 15.5 Å². The lowest BCUT2D eigenvalue weighted by molar-refractivity contribution is -0.144. The maximum atomic E-state index is 12.2. The maximum Gasteiger partial charge on any atom is 0.325 e. The molecule has 0 bridgehead atoms. The Bertz CT molecular complexity index is 949. The van der Waals surface area contributed by atoms with Crippen LogP contribution in [0.2, 0.25) is 0 Å². The van der Waals surface area contributed by atoms with Crippen LogP contribution in [0.4, 0.5) is 5.69 Å². The molecule has 2 heterocycles. The summed E-state index contributed by atoms with van der Waals surface area (Å²) in [6.45, 7) is 5.55. The molecule has 2 saturated heterocycles. The fraction of sp³-hybridized carbons (Fsp3) is 0.440. The topological polar surface area (TPSA) is 94.6 Å². The highest BCUT2D eigenvalue weighted by Gasteiger charge is 2.34. The molecule has 176 valence electrons. The van der Waals surface area contributed by atoms with E-state index in [1.807, 2.05) is 36.4 Å². The Morgan fingerprint density at radius 2 is 1.73 bits per heavy atom. The van der Waals surface area contributed by atoms with Crippen molar-refractivity contribution in [2.75, 3.05) is 51.3 Å². The number of likely N-dealkylation sites (tertiary alicyclic amines) is 1. The molecule has 0 spiro atoms. The fourth-order valence-electron chi connectivity index (χ4n) is 5.09. The molecule has 3 N–H and O–H groups in total. The van der Waals surface area contributed by atoms with Gasteiger partial charge in [0.05, 0.1) is 13.3 Å². The number of carbonyl (C=O) groups is 1. The third-order valence-electron chi connectivity index (χ3n) is 6.84. The summed E-state index contributed by atoms with van der Waals surface area (Å²) in [6.07, 6.45) is 3.61. The van der Waals surface area contributed by atoms with Gasteiger partial charge >= 0.3 is 5.97 Å². The minimum Gasteiger partial charge on any atom is -0.496 e. The van der Waals surface area contributed by atoms with Crippen LogP contribution in [0.25, 0.3) is 0 Å². The third-order valence-corrected chi connectivity index (χ3v) is 6.84. The molecule has 2 aromatic carbocycles. The first-order valence-corrected chi connectivity index (χ1v) is 11.5. The van der Waals surface area contributed by atoms with Crippen molar-refractivity contribution < 1.29 is 14.6 Å². The lowest BCUT2D eigenvalue weighted by Crippen LogP contribution is -2.54. The fourth-order valence-corrected chi connectivity index (χ4v) is 5.09. The predicted molar refractivity (Wildman–Crippen MR) is 130 cm³/mol. The molecule has 2 fully saturated rings. The van der Waals surface area contributed by atoms with E-state index >= 15 is 0 Å². The molecule has 0 amide bonds. The van der Waals surface area contributed by atoms with E-state index in [2.05, 4.69) is 31.9 Å². The molecule has 1 unspecified atom stereocenters. The van der Waals surface area contributed by atoms with Gasteiger partial charge in [0.15, 0.2) is 0 Å². The number of para-hydroxylation sites is 1. The molecule has 2 aliphatic rings. The molecule has 1 atom stereocenters. The number of hydrazone groups is 1. The van der Waals surface area contributed by atoms with E-state index in [4.69, 9.17) is 10.6 Å². The van der Waals surface area contributed by atoms with Crippen LogP contribution in [0.15, 0.2) is 53.6 Å². The van der Waals surface area contributed by atoms with E-state index in [9.17, 15) is 9.90 Å². The van der Waals surface area contributed by atoms with Gasteiger partial charge in [0.25, 0.3) is 0 Å². The number of anilines is 1. The van der Waals surface area contributed by atoms with E-state index in [1.54, 1.807) is 13.3 Å². The smallest absolute Gasteiger partial charge is 0.325 e. The number of carboxylic acid groups (broad SMARTS) is 1. The lowest BCUT2D eigenvalue weighted by atomic mass is 9.97. The summed E-state index contributed by atoms with van der Waals surface area (Å²) in [6, 6.07) is 15.6. The van der Waals surface area contributed by atoms with Crippen molar-refractivity contribution in [2.45, 2.75) is 24.9 Å².